The summed E-state index contributed by atoms with van der Waals surface area (Å²) in [4.78, 5) is 6.13. The molecule has 108 valence electrons. The van der Waals surface area contributed by atoms with Crippen molar-refractivity contribution in [2.45, 2.75) is 39.2 Å². The lowest BCUT2D eigenvalue weighted by atomic mass is 10.1. The molecule has 0 radical (unpaired) electrons. The van der Waals surface area contributed by atoms with Gasteiger partial charge in [0.15, 0.2) is 5.96 Å². The van der Waals surface area contributed by atoms with E-state index in [0.29, 0.717) is 12.0 Å². The van der Waals surface area contributed by atoms with Crippen LogP contribution < -0.4 is 10.6 Å². The Morgan fingerprint density at radius 3 is 2.89 bits per heavy atom. The van der Waals surface area contributed by atoms with Gasteiger partial charge in [-0.25, -0.2) is 0 Å². The standard InChI is InChI=1S/C14H23N3S.HI/c1-3-15-14(17-12-6-7-12)16-10-11(2)9-13-5-4-8-18-13;/h4-5,8,11-12H,3,6-7,9-10H2,1-2H3,(H2,15,16,17);1H. The molecule has 0 spiro atoms. The molecule has 1 saturated carbocycles. The van der Waals surface area contributed by atoms with Crippen molar-refractivity contribution < 1.29 is 0 Å². The lowest BCUT2D eigenvalue weighted by molar-refractivity contribution is 0.594. The summed E-state index contributed by atoms with van der Waals surface area (Å²) in [5.41, 5.74) is 0. The molecule has 19 heavy (non-hydrogen) atoms. The predicted octanol–water partition coefficient (Wildman–Crippen LogP) is 3.26. The third-order valence-electron chi connectivity index (χ3n) is 2.95. The molecule has 0 saturated heterocycles. The smallest absolute Gasteiger partial charge is 0.191 e. The highest BCUT2D eigenvalue weighted by Gasteiger charge is 2.22. The first-order valence-electron chi connectivity index (χ1n) is 6.85. The van der Waals surface area contributed by atoms with Gasteiger partial charge >= 0.3 is 0 Å². The van der Waals surface area contributed by atoms with Gasteiger partial charge in [0.1, 0.15) is 0 Å². The minimum Gasteiger partial charge on any atom is -0.357 e. The molecule has 1 aliphatic rings. The largest absolute Gasteiger partial charge is 0.357 e. The topological polar surface area (TPSA) is 36.4 Å². The number of aliphatic imine (C=N–C) groups is 1. The van der Waals surface area contributed by atoms with E-state index in [0.717, 1.165) is 25.5 Å². The summed E-state index contributed by atoms with van der Waals surface area (Å²) in [7, 11) is 0. The van der Waals surface area contributed by atoms with Gasteiger partial charge in [-0.2, -0.15) is 0 Å². The van der Waals surface area contributed by atoms with Crippen molar-refractivity contribution in [1.82, 2.24) is 10.6 Å². The molecule has 1 unspecified atom stereocenters. The van der Waals surface area contributed by atoms with E-state index in [-0.39, 0.29) is 24.0 Å². The Kier molecular flexibility index (Phi) is 7.75. The molecule has 0 amide bonds. The van der Waals surface area contributed by atoms with Crippen LogP contribution in [0.2, 0.25) is 0 Å². The third-order valence-corrected chi connectivity index (χ3v) is 3.85. The first-order valence-corrected chi connectivity index (χ1v) is 7.73. The Labute approximate surface area is 137 Å². The fraction of sp³-hybridized carbons (Fsp3) is 0.643. The maximum Gasteiger partial charge on any atom is 0.191 e. The Morgan fingerprint density at radius 2 is 2.32 bits per heavy atom. The molecule has 3 nitrogen and oxygen atoms in total. The van der Waals surface area contributed by atoms with E-state index in [1.54, 1.807) is 0 Å². The highest BCUT2D eigenvalue weighted by Crippen LogP contribution is 2.18. The van der Waals surface area contributed by atoms with Gasteiger partial charge in [0.05, 0.1) is 0 Å². The highest BCUT2D eigenvalue weighted by molar-refractivity contribution is 14.0. The summed E-state index contributed by atoms with van der Waals surface area (Å²) in [5.74, 6) is 1.58. The van der Waals surface area contributed by atoms with Crippen molar-refractivity contribution in [2.75, 3.05) is 13.1 Å². The molecular formula is C14H24IN3S. The van der Waals surface area contributed by atoms with E-state index in [9.17, 15) is 0 Å². The van der Waals surface area contributed by atoms with Gasteiger partial charge in [-0.15, -0.1) is 35.3 Å². The van der Waals surface area contributed by atoms with Crippen LogP contribution in [0.3, 0.4) is 0 Å². The average Bonchev–Trinajstić information content (AvgIpc) is 3.02. The summed E-state index contributed by atoms with van der Waals surface area (Å²) >= 11 is 1.84. The second-order valence-corrected chi connectivity index (χ2v) is 6.06. The first-order chi connectivity index (χ1) is 8.78. The van der Waals surface area contributed by atoms with Crippen LogP contribution in [0.4, 0.5) is 0 Å². The SMILES string of the molecule is CCNC(=NCC(C)Cc1cccs1)NC1CC1.I. The van der Waals surface area contributed by atoms with Gasteiger partial charge in [-0.3, -0.25) is 4.99 Å². The van der Waals surface area contributed by atoms with E-state index in [1.165, 1.54) is 17.7 Å². The molecule has 0 bridgehead atoms. The number of rotatable bonds is 6. The number of hydrogen-bond donors (Lipinski definition) is 2. The van der Waals surface area contributed by atoms with Crippen molar-refractivity contribution in [1.29, 1.82) is 0 Å². The number of hydrogen-bond acceptors (Lipinski definition) is 2. The lowest BCUT2D eigenvalue weighted by Crippen LogP contribution is -2.38. The summed E-state index contributed by atoms with van der Waals surface area (Å²) < 4.78 is 0. The molecule has 2 rings (SSSR count). The van der Waals surface area contributed by atoms with Crippen molar-refractivity contribution in [3.8, 4) is 0 Å². The Balaban J connectivity index is 0.00000180. The summed E-state index contributed by atoms with van der Waals surface area (Å²) in [6.07, 6.45) is 3.70. The summed E-state index contributed by atoms with van der Waals surface area (Å²) in [5, 5.41) is 8.90. The molecule has 1 fully saturated rings. The summed E-state index contributed by atoms with van der Waals surface area (Å²) in [6, 6.07) is 4.99. The van der Waals surface area contributed by atoms with Crippen molar-refractivity contribution in [3.63, 3.8) is 0 Å². The van der Waals surface area contributed by atoms with Crippen LogP contribution in [-0.4, -0.2) is 25.1 Å². The quantitative estimate of drug-likeness (QED) is 0.442. The molecular weight excluding hydrogens is 369 g/mol. The van der Waals surface area contributed by atoms with Crippen molar-refractivity contribution in [3.05, 3.63) is 22.4 Å². The van der Waals surface area contributed by atoms with Crippen LogP contribution in [0.15, 0.2) is 22.5 Å². The molecule has 1 aromatic heterocycles. The third kappa shape index (κ3) is 6.61. The average molecular weight is 393 g/mol. The van der Waals surface area contributed by atoms with Crippen LogP contribution in [0.1, 0.15) is 31.6 Å². The van der Waals surface area contributed by atoms with Gasteiger partial charge in [-0.1, -0.05) is 13.0 Å². The van der Waals surface area contributed by atoms with Crippen LogP contribution in [-0.2, 0) is 6.42 Å². The van der Waals surface area contributed by atoms with Crippen molar-refractivity contribution >= 4 is 41.3 Å². The van der Waals surface area contributed by atoms with E-state index in [1.807, 2.05) is 11.3 Å². The number of halogens is 1. The van der Waals surface area contributed by atoms with Crippen LogP contribution in [0, 0.1) is 5.92 Å². The summed E-state index contributed by atoms with van der Waals surface area (Å²) in [6.45, 7) is 6.20. The lowest BCUT2D eigenvalue weighted by Gasteiger charge is -2.12. The maximum atomic E-state index is 4.67. The molecule has 1 heterocycles. The zero-order valence-corrected chi connectivity index (χ0v) is 14.8. The second-order valence-electron chi connectivity index (χ2n) is 5.03. The Morgan fingerprint density at radius 1 is 1.53 bits per heavy atom. The molecule has 0 aromatic carbocycles. The van der Waals surface area contributed by atoms with Gasteiger partial charge in [0.2, 0.25) is 0 Å². The maximum absolute atomic E-state index is 4.67. The zero-order valence-electron chi connectivity index (χ0n) is 11.7. The fourth-order valence-electron chi connectivity index (χ4n) is 1.82. The van der Waals surface area contributed by atoms with Gasteiger partial charge in [0.25, 0.3) is 0 Å². The Hall–Kier alpha value is -0.300. The molecule has 5 heteroatoms. The highest BCUT2D eigenvalue weighted by atomic mass is 127. The predicted molar refractivity (Wildman–Crippen MR) is 94.7 cm³/mol. The monoisotopic (exact) mass is 393 g/mol. The van der Waals surface area contributed by atoms with Gasteiger partial charge < -0.3 is 10.6 Å². The van der Waals surface area contributed by atoms with Crippen LogP contribution >= 0.6 is 35.3 Å². The molecule has 0 aliphatic heterocycles. The first kappa shape index (κ1) is 16.8. The zero-order chi connectivity index (χ0) is 12.8. The van der Waals surface area contributed by atoms with E-state index in [2.05, 4.69) is 47.0 Å². The number of nitrogens with one attached hydrogen (secondary N) is 2. The number of thiophene rings is 1. The molecule has 1 aromatic rings. The molecule has 1 atom stereocenters. The van der Waals surface area contributed by atoms with Gasteiger partial charge in [-0.05, 0) is 43.6 Å². The minimum absolute atomic E-state index is 0. The van der Waals surface area contributed by atoms with E-state index < -0.39 is 0 Å². The second kappa shape index (κ2) is 8.79. The van der Waals surface area contributed by atoms with Crippen LogP contribution in [0.25, 0.3) is 0 Å². The van der Waals surface area contributed by atoms with Crippen molar-refractivity contribution in [2.24, 2.45) is 10.9 Å². The number of guanidine groups is 1. The number of nitrogens with zero attached hydrogens (tertiary/aromatic N) is 1. The Bertz CT molecular complexity index is 374. The minimum atomic E-state index is 0. The van der Waals surface area contributed by atoms with Gasteiger partial charge in [0, 0.05) is 24.0 Å². The van der Waals surface area contributed by atoms with E-state index >= 15 is 0 Å². The molecule has 1 aliphatic carbocycles. The van der Waals surface area contributed by atoms with E-state index in [4.69, 9.17) is 0 Å². The fourth-order valence-corrected chi connectivity index (χ4v) is 2.69. The molecule has 2 N–H and O–H groups in total. The van der Waals surface area contributed by atoms with Crippen LogP contribution in [0.5, 0.6) is 0 Å². The normalized spacial score (nSPS) is 16.6.